The van der Waals surface area contributed by atoms with Crippen molar-refractivity contribution in [2.24, 2.45) is 46.3 Å². The van der Waals surface area contributed by atoms with Gasteiger partial charge in [-0.05, 0) is 104 Å². The van der Waals surface area contributed by atoms with E-state index < -0.39 is 0 Å². The molecule has 164 valence electrons. The second-order valence-corrected chi connectivity index (χ2v) is 12.2. The SMILES string of the molecule is CC(C)[C@@H](C)/C=C/[C@@H](C)[C@H]1CCC2C3=C(CC[C@@]21C)[C@@]1(C)CCC(O)CC1CC3. The van der Waals surface area contributed by atoms with E-state index in [1.165, 1.54) is 44.9 Å². The summed E-state index contributed by atoms with van der Waals surface area (Å²) in [6.07, 6.45) is 16.5. The van der Waals surface area contributed by atoms with Crippen LogP contribution in [0.15, 0.2) is 23.3 Å². The van der Waals surface area contributed by atoms with Gasteiger partial charge in [-0.1, -0.05) is 64.8 Å². The van der Waals surface area contributed by atoms with Crippen molar-refractivity contribution in [1.29, 1.82) is 0 Å². The Labute approximate surface area is 180 Å². The number of fused-ring (bicyclic) bond motifs is 4. The molecule has 0 aliphatic heterocycles. The van der Waals surface area contributed by atoms with Crippen LogP contribution in [-0.2, 0) is 0 Å². The van der Waals surface area contributed by atoms with Crippen molar-refractivity contribution < 1.29 is 5.11 Å². The van der Waals surface area contributed by atoms with Crippen LogP contribution in [0.25, 0.3) is 0 Å². The molecule has 1 heteroatoms. The summed E-state index contributed by atoms with van der Waals surface area (Å²) in [6.45, 7) is 14.7. The highest BCUT2D eigenvalue weighted by Gasteiger charge is 2.55. The van der Waals surface area contributed by atoms with Gasteiger partial charge >= 0.3 is 0 Å². The number of hydrogen-bond acceptors (Lipinski definition) is 1. The summed E-state index contributed by atoms with van der Waals surface area (Å²) < 4.78 is 0. The third-order valence-corrected chi connectivity index (χ3v) is 10.4. The summed E-state index contributed by atoms with van der Waals surface area (Å²) >= 11 is 0. The first kappa shape index (κ1) is 21.7. The average Bonchev–Trinajstić information content (AvgIpc) is 3.03. The van der Waals surface area contributed by atoms with E-state index in [4.69, 9.17) is 0 Å². The molecule has 0 radical (unpaired) electrons. The largest absolute Gasteiger partial charge is 0.393 e. The smallest absolute Gasteiger partial charge is 0.0543 e. The van der Waals surface area contributed by atoms with Gasteiger partial charge in [0.25, 0.3) is 0 Å². The van der Waals surface area contributed by atoms with E-state index in [0.717, 1.165) is 36.5 Å². The maximum absolute atomic E-state index is 10.2. The van der Waals surface area contributed by atoms with Crippen LogP contribution in [0.4, 0.5) is 0 Å². The Kier molecular flexibility index (Phi) is 5.86. The lowest BCUT2D eigenvalue weighted by Crippen LogP contribution is -2.45. The molecule has 0 saturated heterocycles. The summed E-state index contributed by atoms with van der Waals surface area (Å²) in [5.74, 6) is 4.52. The summed E-state index contributed by atoms with van der Waals surface area (Å²) in [4.78, 5) is 0. The standard InChI is InChI=1S/C28H46O/c1-18(2)19(3)7-8-20(4)24-11-12-25-23-10-9-21-17-22(29)13-15-27(21,5)26(23)14-16-28(24,25)6/h7-8,18-22,24-25,29H,9-17H2,1-6H3/b8-7+/t19-,20+,21?,22?,24+,25?,27-,28+/m0/s1. The predicted octanol–water partition coefficient (Wildman–Crippen LogP) is 7.55. The lowest BCUT2D eigenvalue weighted by molar-refractivity contribution is 0.0145. The molecule has 4 rings (SSSR count). The lowest BCUT2D eigenvalue weighted by Gasteiger charge is -2.55. The quantitative estimate of drug-likeness (QED) is 0.484. The van der Waals surface area contributed by atoms with Crippen molar-refractivity contribution in [2.45, 2.75) is 105 Å². The van der Waals surface area contributed by atoms with E-state index in [1.807, 2.05) is 11.1 Å². The van der Waals surface area contributed by atoms with Crippen LogP contribution in [-0.4, -0.2) is 11.2 Å². The fourth-order valence-corrected chi connectivity index (χ4v) is 8.05. The summed E-state index contributed by atoms with van der Waals surface area (Å²) in [6, 6.07) is 0. The maximum atomic E-state index is 10.2. The molecule has 1 N–H and O–H groups in total. The molecule has 4 aliphatic carbocycles. The third-order valence-electron chi connectivity index (χ3n) is 10.4. The van der Waals surface area contributed by atoms with Gasteiger partial charge in [0.15, 0.2) is 0 Å². The first-order valence-corrected chi connectivity index (χ1v) is 12.8. The number of aliphatic hydroxyl groups is 1. The van der Waals surface area contributed by atoms with E-state index in [2.05, 4.69) is 53.7 Å². The predicted molar refractivity (Wildman–Crippen MR) is 124 cm³/mol. The monoisotopic (exact) mass is 398 g/mol. The molecule has 2 saturated carbocycles. The molecule has 0 aromatic heterocycles. The van der Waals surface area contributed by atoms with Crippen molar-refractivity contribution in [1.82, 2.24) is 0 Å². The van der Waals surface area contributed by atoms with Gasteiger partial charge in [-0.15, -0.1) is 0 Å². The molecule has 8 atom stereocenters. The van der Waals surface area contributed by atoms with Crippen LogP contribution in [0.5, 0.6) is 0 Å². The van der Waals surface area contributed by atoms with Crippen molar-refractivity contribution >= 4 is 0 Å². The molecule has 0 aromatic carbocycles. The molecule has 0 bridgehead atoms. The van der Waals surface area contributed by atoms with E-state index in [-0.39, 0.29) is 6.10 Å². The van der Waals surface area contributed by atoms with E-state index in [9.17, 15) is 5.11 Å². The molecule has 29 heavy (non-hydrogen) atoms. The fourth-order valence-electron chi connectivity index (χ4n) is 8.05. The van der Waals surface area contributed by atoms with Gasteiger partial charge in [0.1, 0.15) is 0 Å². The fraction of sp³-hybridized carbons (Fsp3) is 0.857. The lowest BCUT2D eigenvalue weighted by atomic mass is 9.50. The highest BCUT2D eigenvalue weighted by Crippen LogP contribution is 2.65. The van der Waals surface area contributed by atoms with Crippen LogP contribution in [0.2, 0.25) is 0 Å². The van der Waals surface area contributed by atoms with Gasteiger partial charge in [0, 0.05) is 0 Å². The van der Waals surface area contributed by atoms with Crippen LogP contribution >= 0.6 is 0 Å². The van der Waals surface area contributed by atoms with Crippen molar-refractivity contribution in [2.75, 3.05) is 0 Å². The zero-order valence-electron chi connectivity index (χ0n) is 20.0. The minimum atomic E-state index is -0.0409. The molecular weight excluding hydrogens is 352 g/mol. The van der Waals surface area contributed by atoms with Gasteiger partial charge in [-0.25, -0.2) is 0 Å². The van der Waals surface area contributed by atoms with Gasteiger partial charge in [-0.3, -0.25) is 0 Å². The number of allylic oxidation sites excluding steroid dienone is 4. The number of aliphatic hydroxyl groups excluding tert-OH is 1. The Morgan fingerprint density at radius 2 is 1.69 bits per heavy atom. The Morgan fingerprint density at radius 3 is 2.41 bits per heavy atom. The summed E-state index contributed by atoms with van der Waals surface area (Å²) in [5.41, 5.74) is 4.65. The molecule has 1 nitrogen and oxygen atoms in total. The van der Waals surface area contributed by atoms with Crippen molar-refractivity contribution in [3.05, 3.63) is 23.3 Å². The minimum absolute atomic E-state index is 0.0409. The second kappa shape index (κ2) is 7.85. The highest BCUT2D eigenvalue weighted by atomic mass is 16.3. The second-order valence-electron chi connectivity index (χ2n) is 12.2. The van der Waals surface area contributed by atoms with Crippen molar-refractivity contribution in [3.8, 4) is 0 Å². The normalized spacial score (nSPS) is 44.6. The van der Waals surface area contributed by atoms with Crippen molar-refractivity contribution in [3.63, 3.8) is 0 Å². The molecular formula is C28H46O. The first-order chi connectivity index (χ1) is 13.7. The minimum Gasteiger partial charge on any atom is -0.393 e. The van der Waals surface area contributed by atoms with E-state index >= 15 is 0 Å². The Balaban J connectivity index is 1.56. The molecule has 4 aliphatic rings. The third kappa shape index (κ3) is 3.58. The zero-order chi connectivity index (χ0) is 21.0. The van der Waals surface area contributed by atoms with E-state index in [0.29, 0.717) is 22.7 Å². The first-order valence-electron chi connectivity index (χ1n) is 12.8. The summed E-state index contributed by atoms with van der Waals surface area (Å²) in [5, 5.41) is 10.2. The molecule has 2 fully saturated rings. The van der Waals surface area contributed by atoms with Gasteiger partial charge < -0.3 is 5.11 Å². The maximum Gasteiger partial charge on any atom is 0.0543 e. The number of hydrogen-bond donors (Lipinski definition) is 1. The van der Waals surface area contributed by atoms with E-state index in [1.54, 1.807) is 0 Å². The van der Waals surface area contributed by atoms with Gasteiger partial charge in [0.2, 0.25) is 0 Å². The molecule has 0 spiro atoms. The molecule has 0 heterocycles. The Hall–Kier alpha value is -0.560. The van der Waals surface area contributed by atoms with Crippen LogP contribution < -0.4 is 0 Å². The highest BCUT2D eigenvalue weighted by molar-refractivity contribution is 5.34. The molecule has 3 unspecified atom stereocenters. The van der Waals surface area contributed by atoms with Crippen LogP contribution in [0.1, 0.15) is 99.3 Å². The molecule has 0 aromatic rings. The topological polar surface area (TPSA) is 20.2 Å². The molecule has 0 amide bonds. The van der Waals surface area contributed by atoms with Crippen LogP contribution in [0, 0.1) is 46.3 Å². The van der Waals surface area contributed by atoms with Gasteiger partial charge in [0.05, 0.1) is 6.10 Å². The number of rotatable bonds is 4. The van der Waals surface area contributed by atoms with Gasteiger partial charge in [-0.2, -0.15) is 0 Å². The summed E-state index contributed by atoms with van der Waals surface area (Å²) in [7, 11) is 0. The van der Waals surface area contributed by atoms with Crippen LogP contribution in [0.3, 0.4) is 0 Å². The Morgan fingerprint density at radius 1 is 0.931 bits per heavy atom. The Bertz CT molecular complexity index is 672. The average molecular weight is 399 g/mol. The zero-order valence-corrected chi connectivity index (χ0v) is 20.0.